The van der Waals surface area contributed by atoms with Crippen LogP contribution in [-0.2, 0) is 4.74 Å². The van der Waals surface area contributed by atoms with Crippen LogP contribution in [0.5, 0.6) is 0 Å². The van der Waals surface area contributed by atoms with Crippen LogP contribution in [0.3, 0.4) is 0 Å². The highest BCUT2D eigenvalue weighted by Gasteiger charge is 2.39. The van der Waals surface area contributed by atoms with E-state index in [4.69, 9.17) is 4.74 Å². The van der Waals surface area contributed by atoms with Crippen LogP contribution in [-0.4, -0.2) is 38.4 Å². The lowest BCUT2D eigenvalue weighted by atomic mass is 9.82. The van der Waals surface area contributed by atoms with Gasteiger partial charge < -0.3 is 4.74 Å². The van der Waals surface area contributed by atoms with E-state index in [9.17, 15) is 8.78 Å². The van der Waals surface area contributed by atoms with Gasteiger partial charge in [0.05, 0.1) is 6.10 Å². The van der Waals surface area contributed by atoms with Crippen molar-refractivity contribution in [2.24, 2.45) is 5.41 Å². The summed E-state index contributed by atoms with van der Waals surface area (Å²) in [6.07, 6.45) is -3.40. The number of alkyl halides is 2. The van der Waals surface area contributed by atoms with Crippen molar-refractivity contribution in [1.29, 1.82) is 0 Å². The third-order valence-corrected chi connectivity index (χ3v) is 2.76. The third-order valence-electron chi connectivity index (χ3n) is 2.76. The minimum atomic E-state index is -2.40. The average Bonchev–Trinajstić information content (AvgIpc) is 2.15. The van der Waals surface area contributed by atoms with Gasteiger partial charge in [0.2, 0.25) is 0 Å². The summed E-state index contributed by atoms with van der Waals surface area (Å²) >= 11 is 0. The summed E-state index contributed by atoms with van der Waals surface area (Å²) in [5, 5.41) is 5.64. The van der Waals surface area contributed by atoms with E-state index in [0.717, 1.165) is 0 Å². The average molecular weight is 222 g/mol. The first-order chi connectivity index (χ1) is 6.86. The summed E-state index contributed by atoms with van der Waals surface area (Å²) in [5.74, 6) is 0. The van der Waals surface area contributed by atoms with E-state index < -0.39 is 12.6 Å². The van der Waals surface area contributed by atoms with E-state index in [-0.39, 0.29) is 17.6 Å². The molecule has 0 bridgehead atoms. The van der Waals surface area contributed by atoms with Gasteiger partial charge in [0.25, 0.3) is 6.43 Å². The van der Waals surface area contributed by atoms with E-state index >= 15 is 0 Å². The Hall–Kier alpha value is -0.260. The summed E-state index contributed by atoms with van der Waals surface area (Å²) in [5.41, 5.74) is -0.101. The Labute approximate surface area is 89.6 Å². The van der Waals surface area contributed by atoms with E-state index in [1.54, 1.807) is 7.11 Å². The molecular formula is C10H20F2N2O. The molecule has 1 heterocycles. The van der Waals surface area contributed by atoms with Crippen LogP contribution in [0.4, 0.5) is 8.78 Å². The molecule has 0 aromatic rings. The summed E-state index contributed by atoms with van der Waals surface area (Å²) in [6.45, 7) is 6.51. The molecule has 0 saturated carbocycles. The molecule has 0 radical (unpaired) electrons. The van der Waals surface area contributed by atoms with Gasteiger partial charge in [0.15, 0.2) is 0 Å². The smallest absolute Gasteiger partial charge is 0.266 e. The molecule has 3 nitrogen and oxygen atoms in total. The summed E-state index contributed by atoms with van der Waals surface area (Å²) in [6, 6.07) is -0.0669. The fraction of sp³-hybridized carbons (Fsp3) is 1.00. The van der Waals surface area contributed by atoms with Crippen LogP contribution in [0.1, 0.15) is 20.8 Å². The molecule has 0 aromatic heterocycles. The zero-order valence-electron chi connectivity index (χ0n) is 9.68. The van der Waals surface area contributed by atoms with Crippen molar-refractivity contribution in [3.63, 3.8) is 0 Å². The van der Waals surface area contributed by atoms with Crippen LogP contribution in [0, 0.1) is 5.41 Å². The second kappa shape index (κ2) is 4.72. The summed E-state index contributed by atoms with van der Waals surface area (Å²) in [4.78, 5) is 0. The fourth-order valence-corrected chi connectivity index (χ4v) is 1.91. The minimum Gasteiger partial charge on any atom is -0.378 e. The zero-order valence-corrected chi connectivity index (χ0v) is 9.68. The molecule has 2 N–H and O–H groups in total. The van der Waals surface area contributed by atoms with Crippen LogP contribution in [0.2, 0.25) is 0 Å². The van der Waals surface area contributed by atoms with Gasteiger partial charge in [-0.15, -0.1) is 0 Å². The highest BCUT2D eigenvalue weighted by molar-refractivity contribution is 4.95. The first-order valence-corrected chi connectivity index (χ1v) is 5.16. The van der Waals surface area contributed by atoms with Crippen molar-refractivity contribution in [3.05, 3.63) is 0 Å². The lowest BCUT2D eigenvalue weighted by Gasteiger charge is -2.43. The molecule has 3 atom stereocenters. The number of hydrogen-bond donors (Lipinski definition) is 2. The lowest BCUT2D eigenvalue weighted by Crippen LogP contribution is -2.67. The quantitative estimate of drug-likeness (QED) is 0.736. The predicted octanol–water partition coefficient (Wildman–Crippen LogP) is 1.20. The number of ether oxygens (including phenoxy) is 1. The van der Waals surface area contributed by atoms with Crippen LogP contribution in [0.25, 0.3) is 0 Å². The fourth-order valence-electron chi connectivity index (χ4n) is 1.91. The molecule has 0 aromatic carbocycles. The van der Waals surface area contributed by atoms with Crippen molar-refractivity contribution in [3.8, 4) is 0 Å². The Kier molecular flexibility index (Phi) is 4.03. The number of halogens is 2. The van der Waals surface area contributed by atoms with Gasteiger partial charge in [-0.1, -0.05) is 20.8 Å². The Bertz CT molecular complexity index is 206. The molecule has 5 heteroatoms. The lowest BCUT2D eigenvalue weighted by molar-refractivity contribution is -0.0326. The Balaban J connectivity index is 2.70. The van der Waals surface area contributed by atoms with E-state index in [2.05, 4.69) is 10.6 Å². The molecular weight excluding hydrogens is 202 g/mol. The van der Waals surface area contributed by atoms with Gasteiger partial charge in [-0.25, -0.2) is 8.78 Å². The maximum Gasteiger partial charge on any atom is 0.266 e. The van der Waals surface area contributed by atoms with Crippen LogP contribution < -0.4 is 10.6 Å². The minimum absolute atomic E-state index is 0.0669. The zero-order chi connectivity index (χ0) is 11.6. The van der Waals surface area contributed by atoms with E-state index in [0.29, 0.717) is 6.54 Å². The monoisotopic (exact) mass is 222 g/mol. The molecule has 1 aliphatic rings. The standard InChI is InChI=1S/C10H20F2N2O/c1-10(2,3)7-6(15-4)5-13-9(14-7)8(11)12/h6-9,13-14H,5H2,1-4H3. The van der Waals surface area contributed by atoms with Gasteiger partial charge in [-0.2, -0.15) is 0 Å². The molecule has 0 aliphatic carbocycles. The van der Waals surface area contributed by atoms with Gasteiger partial charge in [-0.3, -0.25) is 10.6 Å². The van der Waals surface area contributed by atoms with Gasteiger partial charge in [0, 0.05) is 19.7 Å². The Morgan fingerprint density at radius 2 is 1.93 bits per heavy atom. The van der Waals surface area contributed by atoms with Crippen molar-refractivity contribution < 1.29 is 13.5 Å². The SMILES string of the molecule is COC1CNC(C(F)F)NC1C(C)(C)C. The molecule has 0 amide bonds. The highest BCUT2D eigenvalue weighted by Crippen LogP contribution is 2.26. The maximum absolute atomic E-state index is 12.5. The molecule has 1 aliphatic heterocycles. The van der Waals surface area contributed by atoms with Gasteiger partial charge in [0.1, 0.15) is 6.17 Å². The number of nitrogens with one attached hydrogen (secondary N) is 2. The molecule has 90 valence electrons. The van der Waals surface area contributed by atoms with Crippen molar-refractivity contribution in [1.82, 2.24) is 10.6 Å². The van der Waals surface area contributed by atoms with Crippen molar-refractivity contribution in [2.45, 2.75) is 45.5 Å². The summed E-state index contributed by atoms with van der Waals surface area (Å²) in [7, 11) is 1.61. The van der Waals surface area contributed by atoms with Crippen molar-refractivity contribution in [2.75, 3.05) is 13.7 Å². The van der Waals surface area contributed by atoms with Crippen molar-refractivity contribution >= 4 is 0 Å². The molecule has 15 heavy (non-hydrogen) atoms. The van der Waals surface area contributed by atoms with Crippen LogP contribution in [0.15, 0.2) is 0 Å². The third kappa shape index (κ3) is 3.09. The number of methoxy groups -OCH3 is 1. The van der Waals surface area contributed by atoms with E-state index in [1.807, 2.05) is 20.8 Å². The van der Waals surface area contributed by atoms with Crippen LogP contribution >= 0.6 is 0 Å². The first kappa shape index (κ1) is 12.8. The second-order valence-electron chi connectivity index (χ2n) is 5.00. The Morgan fingerprint density at radius 1 is 1.33 bits per heavy atom. The van der Waals surface area contributed by atoms with Gasteiger partial charge >= 0.3 is 0 Å². The van der Waals surface area contributed by atoms with E-state index in [1.165, 1.54) is 0 Å². The predicted molar refractivity (Wildman–Crippen MR) is 55.0 cm³/mol. The second-order valence-corrected chi connectivity index (χ2v) is 5.00. The Morgan fingerprint density at radius 3 is 2.33 bits per heavy atom. The molecule has 1 saturated heterocycles. The number of rotatable bonds is 2. The topological polar surface area (TPSA) is 33.3 Å². The highest BCUT2D eigenvalue weighted by atomic mass is 19.3. The molecule has 0 spiro atoms. The molecule has 1 rings (SSSR count). The first-order valence-electron chi connectivity index (χ1n) is 5.16. The molecule has 1 fully saturated rings. The summed E-state index contributed by atoms with van der Waals surface area (Å²) < 4.78 is 30.4. The largest absolute Gasteiger partial charge is 0.378 e. The maximum atomic E-state index is 12.5. The number of hydrogen-bond acceptors (Lipinski definition) is 3. The normalized spacial score (nSPS) is 33.4. The molecule has 3 unspecified atom stereocenters. The van der Waals surface area contributed by atoms with Gasteiger partial charge in [-0.05, 0) is 5.41 Å².